The van der Waals surface area contributed by atoms with Gasteiger partial charge in [0.15, 0.2) is 0 Å². The number of aromatic nitrogens is 1. The van der Waals surface area contributed by atoms with Gasteiger partial charge in [-0.1, -0.05) is 31.1 Å². The summed E-state index contributed by atoms with van der Waals surface area (Å²) >= 11 is 6.00. The topological polar surface area (TPSA) is 58.4 Å². The van der Waals surface area contributed by atoms with Gasteiger partial charge in [-0.25, -0.2) is 0 Å². The molecule has 1 atom stereocenters. The van der Waals surface area contributed by atoms with E-state index < -0.39 is 0 Å². The molecule has 0 radical (unpaired) electrons. The second kappa shape index (κ2) is 6.24. The molecule has 1 aromatic carbocycles. The number of carbonyl (C=O) groups is 1. The van der Waals surface area contributed by atoms with Crippen molar-refractivity contribution in [2.75, 3.05) is 16.8 Å². The largest absolute Gasteiger partial charge is 0.379 e. The van der Waals surface area contributed by atoms with Crippen molar-refractivity contribution in [3.05, 3.63) is 40.7 Å². The van der Waals surface area contributed by atoms with Crippen molar-refractivity contribution in [2.24, 2.45) is 5.92 Å². The molecule has 0 spiro atoms. The Kier molecular flexibility index (Phi) is 4.31. The molecule has 6 heteroatoms. The first kappa shape index (κ1) is 15.9. The molecule has 1 aliphatic heterocycles. The maximum atomic E-state index is 12.9. The lowest BCUT2D eigenvalue weighted by molar-refractivity contribution is -0.118. The molecule has 122 valence electrons. The number of anilines is 2. The third kappa shape index (κ3) is 3.06. The first-order valence-corrected chi connectivity index (χ1v) is 8.11. The number of hydrogen-bond acceptors (Lipinski definition) is 4. The van der Waals surface area contributed by atoms with Gasteiger partial charge in [-0.2, -0.15) is 0 Å². The number of nitrogens with one attached hydrogen (secondary N) is 1. The monoisotopic (exact) mass is 333 g/mol. The average Bonchev–Trinajstić information content (AvgIpc) is 2.85. The Hall–Kier alpha value is -2.01. The van der Waals surface area contributed by atoms with Crippen molar-refractivity contribution in [1.29, 1.82) is 0 Å². The Morgan fingerprint density at radius 2 is 2.22 bits per heavy atom. The number of hydrogen-bond donors (Lipinski definition) is 1. The van der Waals surface area contributed by atoms with Crippen molar-refractivity contribution < 1.29 is 9.32 Å². The molecule has 2 heterocycles. The Morgan fingerprint density at radius 3 is 2.87 bits per heavy atom. The van der Waals surface area contributed by atoms with Crippen LogP contribution in [0, 0.1) is 12.8 Å². The van der Waals surface area contributed by atoms with Gasteiger partial charge in [-0.3, -0.25) is 4.79 Å². The number of nitrogens with zero attached hydrogens (tertiary/aromatic N) is 2. The van der Waals surface area contributed by atoms with Crippen LogP contribution in [0.1, 0.15) is 25.1 Å². The highest BCUT2D eigenvalue weighted by atomic mass is 35.5. The van der Waals surface area contributed by atoms with Crippen LogP contribution < -0.4 is 10.2 Å². The van der Waals surface area contributed by atoms with Gasteiger partial charge in [-0.05, 0) is 36.6 Å². The Balaban J connectivity index is 1.90. The molecule has 1 aliphatic rings. The standard InChI is InChI=1S/C17H20ClN3O2/c1-10(2)14-9-21(15-7-5-4-6-13(15)19-14)16(22)8-12-11(3)20-23-17(12)18/h4-7,10,14,19H,8-9H2,1-3H3. The summed E-state index contributed by atoms with van der Waals surface area (Å²) in [7, 11) is 0. The normalized spacial score (nSPS) is 17.1. The van der Waals surface area contributed by atoms with E-state index in [0.717, 1.165) is 11.4 Å². The summed E-state index contributed by atoms with van der Waals surface area (Å²) in [4.78, 5) is 14.7. The van der Waals surface area contributed by atoms with Crippen molar-refractivity contribution in [3.63, 3.8) is 0 Å². The lowest BCUT2D eigenvalue weighted by Gasteiger charge is -2.37. The quantitative estimate of drug-likeness (QED) is 0.931. The fourth-order valence-electron chi connectivity index (χ4n) is 2.79. The zero-order chi connectivity index (χ0) is 16.6. The molecular weight excluding hydrogens is 314 g/mol. The molecule has 5 nitrogen and oxygen atoms in total. The van der Waals surface area contributed by atoms with Gasteiger partial charge in [0, 0.05) is 18.2 Å². The van der Waals surface area contributed by atoms with E-state index in [4.69, 9.17) is 16.1 Å². The second-order valence-corrected chi connectivity index (χ2v) is 6.56. The smallest absolute Gasteiger partial charge is 0.231 e. The van der Waals surface area contributed by atoms with Gasteiger partial charge in [0.05, 0.1) is 23.5 Å². The van der Waals surface area contributed by atoms with Crippen LogP contribution in [0.5, 0.6) is 0 Å². The number of benzene rings is 1. The fourth-order valence-corrected chi connectivity index (χ4v) is 3.03. The second-order valence-electron chi connectivity index (χ2n) is 6.21. The van der Waals surface area contributed by atoms with Crippen molar-refractivity contribution in [2.45, 2.75) is 33.2 Å². The van der Waals surface area contributed by atoms with Crippen molar-refractivity contribution in [3.8, 4) is 0 Å². The molecule has 1 aromatic heterocycles. The van der Waals surface area contributed by atoms with E-state index in [1.165, 1.54) is 0 Å². The summed E-state index contributed by atoms with van der Waals surface area (Å²) in [5, 5.41) is 7.52. The van der Waals surface area contributed by atoms with E-state index in [9.17, 15) is 4.79 Å². The lowest BCUT2D eigenvalue weighted by Crippen LogP contribution is -2.47. The zero-order valence-corrected chi connectivity index (χ0v) is 14.2. The van der Waals surface area contributed by atoms with Crippen LogP contribution in [-0.2, 0) is 11.2 Å². The van der Waals surface area contributed by atoms with Crippen LogP contribution in [0.25, 0.3) is 0 Å². The summed E-state index contributed by atoms with van der Waals surface area (Å²) in [6.45, 7) is 6.72. The Morgan fingerprint density at radius 1 is 1.48 bits per heavy atom. The molecule has 23 heavy (non-hydrogen) atoms. The van der Waals surface area contributed by atoms with Crippen molar-refractivity contribution in [1.82, 2.24) is 5.16 Å². The first-order valence-electron chi connectivity index (χ1n) is 7.74. The third-order valence-electron chi connectivity index (χ3n) is 4.29. The number of aryl methyl sites for hydroxylation is 1. The number of amides is 1. The predicted molar refractivity (Wildman–Crippen MR) is 91.0 cm³/mol. The van der Waals surface area contributed by atoms with E-state index in [1.807, 2.05) is 29.2 Å². The molecule has 1 unspecified atom stereocenters. The molecule has 2 aromatic rings. The van der Waals surface area contributed by atoms with Crippen LogP contribution in [0.4, 0.5) is 11.4 Å². The van der Waals surface area contributed by atoms with Crippen LogP contribution >= 0.6 is 11.6 Å². The minimum atomic E-state index is -0.00204. The van der Waals surface area contributed by atoms with Gasteiger partial charge in [0.2, 0.25) is 11.1 Å². The number of rotatable bonds is 3. The highest BCUT2D eigenvalue weighted by molar-refractivity contribution is 6.29. The minimum absolute atomic E-state index is 0.00204. The minimum Gasteiger partial charge on any atom is -0.379 e. The average molecular weight is 334 g/mol. The number of para-hydroxylation sites is 2. The van der Waals surface area contributed by atoms with Crippen LogP contribution in [0.15, 0.2) is 28.8 Å². The first-order chi connectivity index (χ1) is 11.0. The van der Waals surface area contributed by atoms with Crippen molar-refractivity contribution >= 4 is 28.9 Å². The lowest BCUT2D eigenvalue weighted by atomic mass is 9.99. The SMILES string of the molecule is Cc1noc(Cl)c1CC(=O)N1CC(C(C)C)Nc2ccccc21. The van der Waals surface area contributed by atoms with Gasteiger partial charge in [-0.15, -0.1) is 0 Å². The third-order valence-corrected chi connectivity index (χ3v) is 4.58. The van der Waals surface area contributed by atoms with E-state index in [1.54, 1.807) is 6.92 Å². The van der Waals surface area contributed by atoms with Gasteiger partial charge < -0.3 is 14.7 Å². The Labute approximate surface area is 140 Å². The summed E-state index contributed by atoms with van der Waals surface area (Å²) in [6.07, 6.45) is 0.188. The number of carbonyl (C=O) groups excluding carboxylic acids is 1. The molecule has 0 saturated heterocycles. The molecule has 0 fully saturated rings. The van der Waals surface area contributed by atoms with Crippen LogP contribution in [-0.4, -0.2) is 23.7 Å². The maximum Gasteiger partial charge on any atom is 0.231 e. The molecule has 0 bridgehead atoms. The highest BCUT2D eigenvalue weighted by Gasteiger charge is 2.30. The van der Waals surface area contributed by atoms with E-state index in [-0.39, 0.29) is 23.6 Å². The molecule has 1 N–H and O–H groups in total. The van der Waals surface area contributed by atoms with Gasteiger partial charge in [0.25, 0.3) is 0 Å². The molecule has 0 saturated carbocycles. The summed E-state index contributed by atoms with van der Waals surface area (Å²) in [5.74, 6) is 0.414. The van der Waals surface area contributed by atoms with Gasteiger partial charge in [0.1, 0.15) is 0 Å². The van der Waals surface area contributed by atoms with E-state index in [2.05, 4.69) is 24.3 Å². The van der Waals surface area contributed by atoms with Crippen LogP contribution in [0.3, 0.4) is 0 Å². The molecule has 0 aliphatic carbocycles. The Bertz CT molecular complexity index is 707. The predicted octanol–water partition coefficient (Wildman–Crippen LogP) is 3.66. The van der Waals surface area contributed by atoms with Crippen LogP contribution in [0.2, 0.25) is 5.22 Å². The van der Waals surface area contributed by atoms with E-state index in [0.29, 0.717) is 23.7 Å². The summed E-state index contributed by atoms with van der Waals surface area (Å²) in [5.41, 5.74) is 3.21. The number of halogens is 1. The van der Waals surface area contributed by atoms with E-state index >= 15 is 0 Å². The molecule has 1 amide bonds. The fraction of sp³-hybridized carbons (Fsp3) is 0.412. The maximum absolute atomic E-state index is 12.9. The summed E-state index contributed by atoms with van der Waals surface area (Å²) in [6, 6.07) is 8.08. The zero-order valence-electron chi connectivity index (χ0n) is 13.5. The summed E-state index contributed by atoms with van der Waals surface area (Å²) < 4.78 is 4.94. The highest BCUT2D eigenvalue weighted by Crippen LogP contribution is 2.33. The van der Waals surface area contributed by atoms with Gasteiger partial charge >= 0.3 is 0 Å². The molecule has 3 rings (SSSR count). The molecular formula is C17H20ClN3O2. The number of fused-ring (bicyclic) bond motifs is 1.